The van der Waals surface area contributed by atoms with Crippen LogP contribution >= 0.6 is 0 Å². The SMILES string of the molecule is NCc1cc(-n2nnc3ccccc32)ccc1C(F)(F)F. The van der Waals surface area contributed by atoms with E-state index in [1.165, 1.54) is 16.8 Å². The van der Waals surface area contributed by atoms with Gasteiger partial charge < -0.3 is 5.73 Å². The average Bonchev–Trinajstić information content (AvgIpc) is 2.89. The van der Waals surface area contributed by atoms with Gasteiger partial charge in [0.05, 0.1) is 16.8 Å². The summed E-state index contributed by atoms with van der Waals surface area (Å²) in [6.45, 7) is -0.199. The van der Waals surface area contributed by atoms with Crippen LogP contribution in [-0.4, -0.2) is 15.0 Å². The summed E-state index contributed by atoms with van der Waals surface area (Å²) in [6.07, 6.45) is -4.42. The van der Waals surface area contributed by atoms with Crippen molar-refractivity contribution in [2.75, 3.05) is 0 Å². The lowest BCUT2D eigenvalue weighted by atomic mass is 10.1. The minimum Gasteiger partial charge on any atom is -0.326 e. The molecular formula is C14H11F3N4. The summed E-state index contributed by atoms with van der Waals surface area (Å²) in [6, 6.07) is 11.0. The van der Waals surface area contributed by atoms with E-state index in [0.717, 1.165) is 11.6 Å². The van der Waals surface area contributed by atoms with Crippen molar-refractivity contribution in [1.29, 1.82) is 0 Å². The molecule has 0 amide bonds. The highest BCUT2D eigenvalue weighted by Crippen LogP contribution is 2.33. The van der Waals surface area contributed by atoms with Crippen LogP contribution in [0.2, 0.25) is 0 Å². The predicted molar refractivity (Wildman–Crippen MR) is 71.8 cm³/mol. The van der Waals surface area contributed by atoms with Crippen LogP contribution in [-0.2, 0) is 12.7 Å². The Morgan fingerprint density at radius 2 is 1.86 bits per heavy atom. The topological polar surface area (TPSA) is 56.7 Å². The third-order valence-electron chi connectivity index (χ3n) is 3.21. The Morgan fingerprint density at radius 3 is 2.57 bits per heavy atom. The molecule has 1 aromatic heterocycles. The number of nitrogens with zero attached hydrogens (tertiary/aromatic N) is 3. The summed E-state index contributed by atoms with van der Waals surface area (Å²) >= 11 is 0. The van der Waals surface area contributed by atoms with Crippen LogP contribution < -0.4 is 5.73 Å². The van der Waals surface area contributed by atoms with Gasteiger partial charge in [-0.15, -0.1) is 5.10 Å². The molecule has 0 fully saturated rings. The van der Waals surface area contributed by atoms with Crippen LogP contribution in [0.15, 0.2) is 42.5 Å². The van der Waals surface area contributed by atoms with Crippen molar-refractivity contribution in [1.82, 2.24) is 15.0 Å². The fraction of sp³-hybridized carbons (Fsp3) is 0.143. The Labute approximate surface area is 118 Å². The van der Waals surface area contributed by atoms with E-state index in [2.05, 4.69) is 10.3 Å². The number of fused-ring (bicyclic) bond motifs is 1. The van der Waals surface area contributed by atoms with E-state index >= 15 is 0 Å². The van der Waals surface area contributed by atoms with Crippen molar-refractivity contribution in [3.8, 4) is 5.69 Å². The Balaban J connectivity index is 2.16. The van der Waals surface area contributed by atoms with E-state index in [9.17, 15) is 13.2 Å². The molecule has 0 unspecified atom stereocenters. The second-order valence-corrected chi connectivity index (χ2v) is 4.53. The highest BCUT2D eigenvalue weighted by molar-refractivity contribution is 5.75. The first-order chi connectivity index (χ1) is 10.0. The number of hydrogen-bond acceptors (Lipinski definition) is 3. The molecule has 0 radical (unpaired) electrons. The second kappa shape index (κ2) is 4.85. The Hall–Kier alpha value is -2.41. The zero-order valence-electron chi connectivity index (χ0n) is 10.8. The van der Waals surface area contributed by atoms with Gasteiger partial charge in [-0.2, -0.15) is 13.2 Å². The van der Waals surface area contributed by atoms with Gasteiger partial charge in [-0.05, 0) is 35.9 Å². The van der Waals surface area contributed by atoms with E-state index in [1.807, 2.05) is 12.1 Å². The number of rotatable bonds is 2. The van der Waals surface area contributed by atoms with Crippen molar-refractivity contribution in [2.45, 2.75) is 12.7 Å². The maximum Gasteiger partial charge on any atom is 0.416 e. The number of alkyl halides is 3. The normalized spacial score (nSPS) is 12.0. The van der Waals surface area contributed by atoms with Gasteiger partial charge >= 0.3 is 6.18 Å². The van der Waals surface area contributed by atoms with Crippen LogP contribution in [0.4, 0.5) is 13.2 Å². The third kappa shape index (κ3) is 2.36. The van der Waals surface area contributed by atoms with Crippen molar-refractivity contribution in [3.63, 3.8) is 0 Å². The molecule has 0 atom stereocenters. The van der Waals surface area contributed by atoms with Crippen LogP contribution in [0.5, 0.6) is 0 Å². The lowest BCUT2D eigenvalue weighted by Crippen LogP contribution is -2.13. The monoisotopic (exact) mass is 292 g/mol. The second-order valence-electron chi connectivity index (χ2n) is 4.53. The Kier molecular flexibility index (Phi) is 3.13. The first-order valence-corrected chi connectivity index (χ1v) is 6.21. The fourth-order valence-corrected chi connectivity index (χ4v) is 2.22. The Morgan fingerprint density at radius 1 is 1.10 bits per heavy atom. The number of benzene rings is 2. The zero-order valence-corrected chi connectivity index (χ0v) is 10.8. The van der Waals surface area contributed by atoms with Crippen molar-refractivity contribution in [2.24, 2.45) is 5.73 Å². The number of hydrogen-bond donors (Lipinski definition) is 1. The van der Waals surface area contributed by atoms with Gasteiger partial charge in [0, 0.05) is 6.54 Å². The maximum absolute atomic E-state index is 12.9. The first-order valence-electron chi connectivity index (χ1n) is 6.21. The smallest absolute Gasteiger partial charge is 0.326 e. The molecule has 3 aromatic rings. The van der Waals surface area contributed by atoms with Crippen molar-refractivity contribution < 1.29 is 13.2 Å². The van der Waals surface area contributed by atoms with Gasteiger partial charge in [0.2, 0.25) is 0 Å². The molecule has 4 nitrogen and oxygen atoms in total. The summed E-state index contributed by atoms with van der Waals surface area (Å²) in [5, 5.41) is 7.96. The van der Waals surface area contributed by atoms with E-state index < -0.39 is 11.7 Å². The standard InChI is InChI=1S/C14H11F3N4/c15-14(16,17)11-6-5-10(7-9(11)8-18)21-13-4-2-1-3-12(13)19-20-21/h1-7H,8,18H2. The molecule has 2 aromatic carbocycles. The fourth-order valence-electron chi connectivity index (χ4n) is 2.22. The van der Waals surface area contributed by atoms with Crippen LogP contribution in [0.1, 0.15) is 11.1 Å². The highest BCUT2D eigenvalue weighted by Gasteiger charge is 2.33. The number of para-hydroxylation sites is 1. The van der Waals surface area contributed by atoms with Gasteiger partial charge in [-0.25, -0.2) is 4.68 Å². The highest BCUT2D eigenvalue weighted by atomic mass is 19.4. The summed E-state index contributed by atoms with van der Waals surface area (Å²) in [5.41, 5.74) is 6.63. The lowest BCUT2D eigenvalue weighted by Gasteiger charge is -2.13. The van der Waals surface area contributed by atoms with Gasteiger partial charge in [0.1, 0.15) is 5.52 Å². The maximum atomic E-state index is 12.9. The molecule has 3 rings (SSSR count). The number of nitrogens with two attached hydrogens (primary N) is 1. The molecule has 0 aliphatic heterocycles. The summed E-state index contributed by atoms with van der Waals surface area (Å²) in [5.74, 6) is 0. The molecule has 0 aliphatic rings. The van der Waals surface area contributed by atoms with Gasteiger partial charge in [-0.1, -0.05) is 17.3 Å². The molecule has 0 saturated carbocycles. The van der Waals surface area contributed by atoms with Crippen LogP contribution in [0.3, 0.4) is 0 Å². The molecule has 7 heteroatoms. The van der Waals surface area contributed by atoms with Crippen molar-refractivity contribution >= 4 is 11.0 Å². The minimum absolute atomic E-state index is 0.0274. The lowest BCUT2D eigenvalue weighted by molar-refractivity contribution is -0.138. The number of halogens is 3. The minimum atomic E-state index is -4.42. The zero-order chi connectivity index (χ0) is 15.0. The van der Waals surface area contributed by atoms with E-state index in [-0.39, 0.29) is 12.1 Å². The summed E-state index contributed by atoms with van der Waals surface area (Å²) in [4.78, 5) is 0. The molecular weight excluding hydrogens is 281 g/mol. The molecule has 1 heterocycles. The quantitative estimate of drug-likeness (QED) is 0.790. The summed E-state index contributed by atoms with van der Waals surface area (Å²) in [7, 11) is 0. The predicted octanol–water partition coefficient (Wildman–Crippen LogP) is 2.90. The van der Waals surface area contributed by atoms with Crippen molar-refractivity contribution in [3.05, 3.63) is 53.6 Å². The summed E-state index contributed by atoms with van der Waals surface area (Å²) < 4.78 is 40.1. The molecule has 21 heavy (non-hydrogen) atoms. The molecule has 108 valence electrons. The van der Waals surface area contributed by atoms with Crippen LogP contribution in [0.25, 0.3) is 16.7 Å². The average molecular weight is 292 g/mol. The largest absolute Gasteiger partial charge is 0.416 e. The van der Waals surface area contributed by atoms with Gasteiger partial charge in [-0.3, -0.25) is 0 Å². The molecule has 0 bridgehead atoms. The Bertz CT molecular complexity index is 792. The molecule has 2 N–H and O–H groups in total. The van der Waals surface area contributed by atoms with Gasteiger partial charge in [0.15, 0.2) is 0 Å². The van der Waals surface area contributed by atoms with E-state index in [0.29, 0.717) is 11.2 Å². The number of aromatic nitrogens is 3. The van der Waals surface area contributed by atoms with Crippen LogP contribution in [0, 0.1) is 0 Å². The van der Waals surface area contributed by atoms with E-state index in [4.69, 9.17) is 5.73 Å². The molecule has 0 saturated heterocycles. The van der Waals surface area contributed by atoms with E-state index in [1.54, 1.807) is 12.1 Å². The first kappa shape index (κ1) is 13.6. The van der Waals surface area contributed by atoms with Gasteiger partial charge in [0.25, 0.3) is 0 Å². The molecule has 0 spiro atoms. The third-order valence-corrected chi connectivity index (χ3v) is 3.21. The molecule has 0 aliphatic carbocycles.